The van der Waals surface area contributed by atoms with Gasteiger partial charge in [-0.1, -0.05) is 25.7 Å². The lowest BCUT2D eigenvalue weighted by Gasteiger charge is -2.31. The van der Waals surface area contributed by atoms with Gasteiger partial charge in [0.15, 0.2) is 0 Å². The van der Waals surface area contributed by atoms with E-state index in [1.807, 2.05) is 0 Å². The predicted octanol–water partition coefficient (Wildman–Crippen LogP) is 2.83. The lowest BCUT2D eigenvalue weighted by atomic mass is 9.76. The number of carbonyl (C=O) groups excluding carboxylic acids is 1. The van der Waals surface area contributed by atoms with E-state index in [-0.39, 0.29) is 5.97 Å². The smallest absolute Gasteiger partial charge is 0.330 e. The molecular formula is C17H24O3. The molecule has 0 amide bonds. The fourth-order valence-corrected chi connectivity index (χ4v) is 4.91. The first kappa shape index (κ1) is 13.9. The molecule has 0 aromatic carbocycles. The first-order chi connectivity index (χ1) is 9.72. The Bertz CT molecular complexity index is 414. The summed E-state index contributed by atoms with van der Waals surface area (Å²) in [6.07, 6.45) is 8.62. The second-order valence-corrected chi connectivity index (χ2v) is 6.45. The van der Waals surface area contributed by atoms with Gasteiger partial charge in [-0.2, -0.15) is 0 Å². The summed E-state index contributed by atoms with van der Waals surface area (Å²) in [6.45, 7) is 7.42. The minimum atomic E-state index is -0.374. The molecule has 0 aromatic rings. The van der Waals surface area contributed by atoms with Gasteiger partial charge in [0.2, 0.25) is 0 Å². The van der Waals surface area contributed by atoms with Crippen LogP contribution >= 0.6 is 0 Å². The molecule has 0 aromatic heterocycles. The van der Waals surface area contributed by atoms with Crippen molar-refractivity contribution in [2.24, 2.45) is 35.5 Å². The molecule has 0 aliphatic heterocycles. The van der Waals surface area contributed by atoms with Crippen molar-refractivity contribution in [1.82, 2.24) is 0 Å². The highest BCUT2D eigenvalue weighted by Crippen LogP contribution is 2.61. The van der Waals surface area contributed by atoms with Gasteiger partial charge in [-0.05, 0) is 48.3 Å². The van der Waals surface area contributed by atoms with E-state index in [1.54, 1.807) is 0 Å². The maximum Gasteiger partial charge on any atom is 0.330 e. The Hall–Kier alpha value is -1.09. The number of hydrogen-bond acceptors (Lipinski definition) is 3. The third kappa shape index (κ3) is 2.32. The standard InChI is InChI=1S/C17H24O3/c1-3-16(18)20-8-7-19-10-12-9-15-11(2)17(12)14-6-4-5-13(14)15/h3-4,6,11-15,17H,1,5,7-10H2,2H3/t11-,12-,13?,14+,15+,17-/m1/s1. The van der Waals surface area contributed by atoms with Crippen molar-refractivity contribution in [1.29, 1.82) is 0 Å². The van der Waals surface area contributed by atoms with Gasteiger partial charge in [0, 0.05) is 12.7 Å². The zero-order valence-electron chi connectivity index (χ0n) is 12.2. The first-order valence-corrected chi connectivity index (χ1v) is 7.76. The summed E-state index contributed by atoms with van der Waals surface area (Å²) in [5, 5.41) is 0. The van der Waals surface area contributed by atoms with E-state index in [0.717, 1.165) is 36.2 Å². The number of carbonyl (C=O) groups is 1. The fraction of sp³-hybridized carbons (Fsp3) is 0.706. The highest BCUT2D eigenvalue weighted by molar-refractivity contribution is 5.81. The molecule has 0 N–H and O–H groups in total. The molecule has 0 radical (unpaired) electrons. The lowest BCUT2D eigenvalue weighted by Crippen LogP contribution is -2.28. The summed E-state index contributed by atoms with van der Waals surface area (Å²) in [6, 6.07) is 0. The SMILES string of the molecule is C=CC(=O)OCCOC[C@H]1C[C@@H]2C3CC=C[C@@H]3[C@@H]1[C@@H]2C. The molecule has 3 heteroatoms. The molecule has 2 fully saturated rings. The van der Waals surface area contributed by atoms with Gasteiger partial charge in [0.05, 0.1) is 6.61 Å². The number of fused-ring (bicyclic) bond motifs is 5. The van der Waals surface area contributed by atoms with E-state index < -0.39 is 0 Å². The summed E-state index contributed by atoms with van der Waals surface area (Å²) in [5.74, 6) is 4.58. The molecule has 1 unspecified atom stereocenters. The lowest BCUT2D eigenvalue weighted by molar-refractivity contribution is -0.139. The minimum Gasteiger partial charge on any atom is -0.460 e. The van der Waals surface area contributed by atoms with Crippen LogP contribution in [0.15, 0.2) is 24.8 Å². The van der Waals surface area contributed by atoms with E-state index in [2.05, 4.69) is 25.7 Å². The van der Waals surface area contributed by atoms with E-state index in [1.165, 1.54) is 18.9 Å². The molecule has 3 aliphatic rings. The van der Waals surface area contributed by atoms with Crippen molar-refractivity contribution in [3.63, 3.8) is 0 Å². The van der Waals surface area contributed by atoms with Crippen LogP contribution in [0.5, 0.6) is 0 Å². The van der Waals surface area contributed by atoms with Crippen LogP contribution in [0.4, 0.5) is 0 Å². The quantitative estimate of drug-likeness (QED) is 0.324. The second-order valence-electron chi connectivity index (χ2n) is 6.45. The summed E-state index contributed by atoms with van der Waals surface area (Å²) in [5.41, 5.74) is 0. The van der Waals surface area contributed by atoms with E-state index >= 15 is 0 Å². The van der Waals surface area contributed by atoms with E-state index in [4.69, 9.17) is 9.47 Å². The van der Waals surface area contributed by atoms with Gasteiger partial charge in [-0.3, -0.25) is 0 Å². The summed E-state index contributed by atoms with van der Waals surface area (Å²) in [7, 11) is 0. The molecule has 0 saturated heterocycles. The van der Waals surface area contributed by atoms with Gasteiger partial charge in [0.25, 0.3) is 0 Å². The Balaban J connectivity index is 1.43. The largest absolute Gasteiger partial charge is 0.460 e. The van der Waals surface area contributed by atoms with Crippen LogP contribution in [0.3, 0.4) is 0 Å². The maximum absolute atomic E-state index is 10.9. The van der Waals surface area contributed by atoms with Crippen LogP contribution < -0.4 is 0 Å². The average molecular weight is 276 g/mol. The van der Waals surface area contributed by atoms with Gasteiger partial charge in [-0.15, -0.1) is 0 Å². The average Bonchev–Trinajstić information content (AvgIpc) is 3.09. The predicted molar refractivity (Wildman–Crippen MR) is 77.0 cm³/mol. The molecule has 0 spiro atoms. The highest BCUT2D eigenvalue weighted by atomic mass is 16.6. The summed E-state index contributed by atoms with van der Waals surface area (Å²) in [4.78, 5) is 10.9. The Morgan fingerprint density at radius 1 is 1.40 bits per heavy atom. The van der Waals surface area contributed by atoms with Gasteiger partial charge < -0.3 is 9.47 Å². The number of hydrogen-bond donors (Lipinski definition) is 0. The number of esters is 1. The number of allylic oxidation sites excluding steroid dienone is 2. The molecule has 2 saturated carbocycles. The molecule has 3 nitrogen and oxygen atoms in total. The van der Waals surface area contributed by atoms with E-state index in [0.29, 0.717) is 19.1 Å². The molecule has 6 atom stereocenters. The molecule has 20 heavy (non-hydrogen) atoms. The van der Waals surface area contributed by atoms with Gasteiger partial charge in [-0.25, -0.2) is 4.79 Å². The van der Waals surface area contributed by atoms with Crippen molar-refractivity contribution in [3.05, 3.63) is 24.8 Å². The Kier molecular flexibility index (Phi) is 3.97. The first-order valence-electron chi connectivity index (χ1n) is 7.76. The van der Waals surface area contributed by atoms with Crippen LogP contribution in [-0.4, -0.2) is 25.8 Å². The third-order valence-electron chi connectivity index (χ3n) is 5.63. The summed E-state index contributed by atoms with van der Waals surface area (Å²) >= 11 is 0. The van der Waals surface area contributed by atoms with Crippen molar-refractivity contribution in [2.45, 2.75) is 19.8 Å². The molecular weight excluding hydrogens is 252 g/mol. The monoisotopic (exact) mass is 276 g/mol. The maximum atomic E-state index is 10.9. The van der Waals surface area contributed by atoms with Gasteiger partial charge in [0.1, 0.15) is 6.61 Å². The third-order valence-corrected chi connectivity index (χ3v) is 5.63. The Morgan fingerprint density at radius 2 is 2.25 bits per heavy atom. The van der Waals surface area contributed by atoms with Crippen LogP contribution in [0.25, 0.3) is 0 Å². The second kappa shape index (κ2) is 5.72. The fourth-order valence-electron chi connectivity index (χ4n) is 4.91. The van der Waals surface area contributed by atoms with Crippen LogP contribution in [0.1, 0.15) is 19.8 Å². The molecule has 3 aliphatic carbocycles. The number of ether oxygens (including phenoxy) is 2. The van der Waals surface area contributed by atoms with Gasteiger partial charge >= 0.3 is 5.97 Å². The van der Waals surface area contributed by atoms with Crippen molar-refractivity contribution in [2.75, 3.05) is 19.8 Å². The van der Waals surface area contributed by atoms with Crippen molar-refractivity contribution >= 4 is 5.97 Å². The zero-order valence-corrected chi connectivity index (χ0v) is 12.2. The van der Waals surface area contributed by atoms with Crippen molar-refractivity contribution < 1.29 is 14.3 Å². The molecule has 0 heterocycles. The Morgan fingerprint density at radius 3 is 3.05 bits per heavy atom. The highest BCUT2D eigenvalue weighted by Gasteiger charge is 2.56. The minimum absolute atomic E-state index is 0.327. The van der Waals surface area contributed by atoms with Crippen LogP contribution in [0, 0.1) is 35.5 Å². The number of rotatable bonds is 6. The van der Waals surface area contributed by atoms with Crippen LogP contribution in [0.2, 0.25) is 0 Å². The van der Waals surface area contributed by atoms with Crippen LogP contribution in [-0.2, 0) is 14.3 Å². The van der Waals surface area contributed by atoms with Crippen molar-refractivity contribution in [3.8, 4) is 0 Å². The molecule has 2 bridgehead atoms. The molecule has 110 valence electrons. The van der Waals surface area contributed by atoms with E-state index in [9.17, 15) is 4.79 Å². The topological polar surface area (TPSA) is 35.5 Å². The normalized spacial score (nSPS) is 40.9. The summed E-state index contributed by atoms with van der Waals surface area (Å²) < 4.78 is 10.6. The zero-order chi connectivity index (χ0) is 14.1. The molecule has 3 rings (SSSR count). The Labute approximate surface area is 121 Å².